The molecule has 3 heterocycles. The van der Waals surface area contributed by atoms with Crippen LogP contribution in [0.15, 0.2) is 36.4 Å². The van der Waals surface area contributed by atoms with E-state index in [1.165, 1.54) is 0 Å². The predicted molar refractivity (Wildman–Crippen MR) is 115 cm³/mol. The van der Waals surface area contributed by atoms with E-state index >= 15 is 0 Å². The molecule has 30 heavy (non-hydrogen) atoms. The fraction of sp³-hybridized carbons (Fsp3) is 0.381. The van der Waals surface area contributed by atoms with E-state index in [2.05, 4.69) is 30.9 Å². The Morgan fingerprint density at radius 2 is 2.07 bits per heavy atom. The van der Waals surface area contributed by atoms with Gasteiger partial charge >= 0.3 is 0 Å². The molecule has 1 fully saturated rings. The summed E-state index contributed by atoms with van der Waals surface area (Å²) in [5.74, 6) is 1.43. The van der Waals surface area contributed by atoms with Gasteiger partial charge in [0.1, 0.15) is 5.82 Å². The van der Waals surface area contributed by atoms with Gasteiger partial charge in [-0.3, -0.25) is 5.10 Å². The van der Waals surface area contributed by atoms with Gasteiger partial charge in [0.2, 0.25) is 5.95 Å². The van der Waals surface area contributed by atoms with Gasteiger partial charge in [0.15, 0.2) is 5.65 Å². The molecule has 0 radical (unpaired) electrons. The quantitative estimate of drug-likeness (QED) is 0.388. The van der Waals surface area contributed by atoms with Crippen LogP contribution < -0.4 is 10.6 Å². The number of rotatable bonds is 6. The van der Waals surface area contributed by atoms with Crippen LogP contribution >= 0.6 is 0 Å². The number of pyridine rings is 1. The molecule has 4 aromatic rings. The minimum absolute atomic E-state index is 0.168. The summed E-state index contributed by atoms with van der Waals surface area (Å²) in [6.07, 6.45) is 3.40. The summed E-state index contributed by atoms with van der Waals surface area (Å²) in [6, 6.07) is 12.2. The third-order valence-corrected chi connectivity index (χ3v) is 5.59. The van der Waals surface area contributed by atoms with Crippen LogP contribution in [-0.4, -0.2) is 49.2 Å². The van der Waals surface area contributed by atoms with Crippen molar-refractivity contribution in [1.82, 2.24) is 24.8 Å². The van der Waals surface area contributed by atoms with E-state index in [0.717, 1.165) is 59.4 Å². The maximum Gasteiger partial charge on any atom is 0.247 e. The molecule has 0 amide bonds. The Kier molecular flexibility index (Phi) is 4.97. The first-order valence-corrected chi connectivity index (χ1v) is 10.2. The molecule has 9 heteroatoms. The van der Waals surface area contributed by atoms with Gasteiger partial charge in [-0.2, -0.15) is 14.6 Å². The molecule has 4 N–H and O–H groups in total. The summed E-state index contributed by atoms with van der Waals surface area (Å²) in [5, 5.41) is 29.6. The molecule has 1 aliphatic rings. The molecule has 9 nitrogen and oxygen atoms in total. The number of H-pyrrole nitrogens is 1. The Morgan fingerprint density at radius 1 is 1.20 bits per heavy atom. The van der Waals surface area contributed by atoms with E-state index in [1.54, 1.807) is 7.11 Å². The Bertz CT molecular complexity index is 1160. The molecular formula is C21H25N7O2. The first-order chi connectivity index (χ1) is 14.7. The highest BCUT2D eigenvalue weighted by atomic mass is 16.5. The normalized spacial score (nSPS) is 19.4. The number of methoxy groups -OCH3 is 1. The minimum atomic E-state index is -0.168. The number of aromatic nitrogens is 5. The van der Waals surface area contributed by atoms with Gasteiger partial charge in [0.05, 0.1) is 23.9 Å². The summed E-state index contributed by atoms with van der Waals surface area (Å²) in [6.45, 7) is 0.469. The molecule has 5 rings (SSSR count). The summed E-state index contributed by atoms with van der Waals surface area (Å²) in [5.41, 5.74) is 3.46. The lowest BCUT2D eigenvalue weighted by atomic mass is 9.93. The molecule has 0 bridgehead atoms. The molecule has 0 atom stereocenters. The number of aliphatic hydroxyl groups is 1. The smallest absolute Gasteiger partial charge is 0.247 e. The molecule has 0 unspecified atom stereocenters. The maximum absolute atomic E-state index is 9.73. The average Bonchev–Trinajstić information content (AvgIpc) is 3.34. The number of anilines is 3. The van der Waals surface area contributed by atoms with Crippen molar-refractivity contribution < 1.29 is 9.84 Å². The largest absolute Gasteiger partial charge is 0.393 e. The third kappa shape index (κ3) is 3.69. The second-order valence-electron chi connectivity index (χ2n) is 7.75. The second-order valence-corrected chi connectivity index (χ2v) is 7.75. The SMILES string of the molecule is COCc1n[nH]c2cc(Nc3nc4cccc(NC5CCC(O)CC5)n4n3)ccc12. The molecule has 1 saturated carbocycles. The molecule has 1 aliphatic carbocycles. The van der Waals surface area contributed by atoms with Gasteiger partial charge in [-0.25, -0.2) is 0 Å². The van der Waals surface area contributed by atoms with Crippen LogP contribution in [0.5, 0.6) is 0 Å². The lowest BCUT2D eigenvalue weighted by molar-refractivity contribution is 0.126. The Hall–Kier alpha value is -3.17. The lowest BCUT2D eigenvalue weighted by Crippen LogP contribution is -2.29. The van der Waals surface area contributed by atoms with Crippen LogP contribution in [0.2, 0.25) is 0 Å². The van der Waals surface area contributed by atoms with Crippen LogP contribution in [0.3, 0.4) is 0 Å². The van der Waals surface area contributed by atoms with Crippen molar-refractivity contribution in [2.75, 3.05) is 17.7 Å². The first-order valence-electron chi connectivity index (χ1n) is 10.2. The van der Waals surface area contributed by atoms with Gasteiger partial charge in [-0.1, -0.05) is 6.07 Å². The zero-order chi connectivity index (χ0) is 20.5. The van der Waals surface area contributed by atoms with Crippen LogP contribution in [0.25, 0.3) is 16.6 Å². The first kappa shape index (κ1) is 18.8. The monoisotopic (exact) mass is 407 g/mol. The fourth-order valence-corrected chi connectivity index (χ4v) is 4.03. The number of benzene rings is 1. The van der Waals surface area contributed by atoms with Crippen LogP contribution in [0.1, 0.15) is 31.4 Å². The number of hydrogen-bond acceptors (Lipinski definition) is 7. The lowest BCUT2D eigenvalue weighted by Gasteiger charge is -2.26. The Morgan fingerprint density at radius 3 is 2.90 bits per heavy atom. The van der Waals surface area contributed by atoms with Crippen LogP contribution in [-0.2, 0) is 11.3 Å². The van der Waals surface area contributed by atoms with Gasteiger partial charge < -0.3 is 20.5 Å². The van der Waals surface area contributed by atoms with Gasteiger partial charge in [-0.05, 0) is 56.0 Å². The number of hydrogen-bond donors (Lipinski definition) is 4. The molecule has 1 aromatic carbocycles. The summed E-state index contributed by atoms with van der Waals surface area (Å²) >= 11 is 0. The van der Waals surface area contributed by atoms with Crippen molar-refractivity contribution in [1.29, 1.82) is 0 Å². The van der Waals surface area contributed by atoms with E-state index in [-0.39, 0.29) is 6.10 Å². The van der Waals surface area contributed by atoms with E-state index in [4.69, 9.17) is 4.74 Å². The highest BCUT2D eigenvalue weighted by Gasteiger charge is 2.20. The van der Waals surface area contributed by atoms with Crippen molar-refractivity contribution in [3.05, 3.63) is 42.1 Å². The Labute approximate surface area is 173 Å². The highest BCUT2D eigenvalue weighted by molar-refractivity contribution is 5.85. The predicted octanol–water partition coefficient (Wildman–Crippen LogP) is 3.21. The van der Waals surface area contributed by atoms with Gasteiger partial charge in [0, 0.05) is 24.2 Å². The topological polar surface area (TPSA) is 112 Å². The zero-order valence-electron chi connectivity index (χ0n) is 16.8. The van der Waals surface area contributed by atoms with Crippen molar-refractivity contribution in [3.63, 3.8) is 0 Å². The van der Waals surface area contributed by atoms with Gasteiger partial charge in [-0.15, -0.1) is 5.10 Å². The highest BCUT2D eigenvalue weighted by Crippen LogP contribution is 2.25. The average molecular weight is 407 g/mol. The van der Waals surface area contributed by atoms with Crippen molar-refractivity contribution >= 4 is 34.0 Å². The van der Waals surface area contributed by atoms with E-state index in [0.29, 0.717) is 18.6 Å². The van der Waals surface area contributed by atoms with Crippen LogP contribution in [0, 0.1) is 0 Å². The Balaban J connectivity index is 1.37. The zero-order valence-corrected chi connectivity index (χ0v) is 16.8. The molecule has 0 aliphatic heterocycles. The summed E-state index contributed by atoms with van der Waals surface area (Å²) in [4.78, 5) is 4.60. The number of ether oxygens (including phenoxy) is 1. The van der Waals surface area contributed by atoms with E-state index in [1.807, 2.05) is 40.9 Å². The molecule has 0 spiro atoms. The number of aromatic amines is 1. The molecule has 3 aromatic heterocycles. The minimum Gasteiger partial charge on any atom is -0.393 e. The van der Waals surface area contributed by atoms with E-state index < -0.39 is 0 Å². The van der Waals surface area contributed by atoms with Gasteiger partial charge in [0.25, 0.3) is 0 Å². The summed E-state index contributed by atoms with van der Waals surface area (Å²) < 4.78 is 7.00. The van der Waals surface area contributed by atoms with Crippen molar-refractivity contribution in [2.24, 2.45) is 0 Å². The van der Waals surface area contributed by atoms with Crippen molar-refractivity contribution in [2.45, 2.75) is 44.4 Å². The molecule has 0 saturated heterocycles. The third-order valence-electron chi connectivity index (χ3n) is 5.59. The number of fused-ring (bicyclic) bond motifs is 2. The maximum atomic E-state index is 9.73. The van der Waals surface area contributed by atoms with E-state index in [9.17, 15) is 5.11 Å². The summed E-state index contributed by atoms with van der Waals surface area (Å²) in [7, 11) is 1.66. The van der Waals surface area contributed by atoms with Crippen molar-refractivity contribution in [3.8, 4) is 0 Å². The standard InChI is InChI=1S/C21H25N7O2/c1-30-12-18-16-10-7-14(11-17(16)25-26-18)23-21-24-20-4-2-3-19(28(20)27-21)22-13-5-8-15(29)9-6-13/h2-4,7,10-11,13,15,22,29H,5-6,8-9,12H2,1H3,(H,23,27)(H,25,26). The molecule has 156 valence electrons. The fourth-order valence-electron chi connectivity index (χ4n) is 4.03. The molecular weight excluding hydrogens is 382 g/mol. The number of nitrogens with one attached hydrogen (secondary N) is 3. The number of aliphatic hydroxyl groups excluding tert-OH is 1. The van der Waals surface area contributed by atoms with Crippen LogP contribution in [0.4, 0.5) is 17.5 Å². The second kappa shape index (κ2) is 7.92. The number of nitrogens with zero attached hydrogens (tertiary/aromatic N) is 4.